The molecule has 0 atom stereocenters. The molecule has 1 aliphatic heterocycles. The fraction of sp³-hybridized carbons (Fsp3) is 0.550. The third-order valence-corrected chi connectivity index (χ3v) is 5.09. The zero-order chi connectivity index (χ0) is 17.7. The summed E-state index contributed by atoms with van der Waals surface area (Å²) in [5.74, 6) is 1.80. The van der Waals surface area contributed by atoms with Crippen LogP contribution in [0.4, 0.5) is 0 Å². The lowest BCUT2D eigenvalue weighted by Crippen LogP contribution is -2.46. The molecule has 1 fully saturated rings. The molecule has 3 rings (SSSR count). The van der Waals surface area contributed by atoms with Crippen molar-refractivity contribution in [2.24, 2.45) is 4.99 Å². The van der Waals surface area contributed by atoms with E-state index in [9.17, 15) is 5.11 Å². The lowest BCUT2D eigenvalue weighted by molar-refractivity contribution is -0.0237. The van der Waals surface area contributed by atoms with Crippen LogP contribution in [0, 0.1) is 0 Å². The van der Waals surface area contributed by atoms with E-state index in [-0.39, 0.29) is 24.0 Å². The Kier molecular flexibility index (Phi) is 7.76. The summed E-state index contributed by atoms with van der Waals surface area (Å²) in [5.41, 5.74) is 2.01. The van der Waals surface area contributed by atoms with E-state index in [4.69, 9.17) is 4.74 Å². The number of aliphatic hydroxyl groups is 1. The van der Waals surface area contributed by atoms with Crippen LogP contribution in [0.2, 0.25) is 0 Å². The highest BCUT2D eigenvalue weighted by molar-refractivity contribution is 14.0. The fourth-order valence-corrected chi connectivity index (χ4v) is 3.34. The molecule has 1 heterocycles. The third kappa shape index (κ3) is 5.13. The van der Waals surface area contributed by atoms with E-state index in [1.807, 2.05) is 12.1 Å². The molecule has 5 nitrogen and oxygen atoms in total. The van der Waals surface area contributed by atoms with Crippen molar-refractivity contribution >= 4 is 35.5 Å². The Morgan fingerprint density at radius 3 is 2.77 bits per heavy atom. The molecule has 144 valence electrons. The number of ether oxygens (including phenoxy) is 1. The van der Waals surface area contributed by atoms with Gasteiger partial charge in [0.15, 0.2) is 5.96 Å². The first-order valence-electron chi connectivity index (χ1n) is 9.23. The highest BCUT2D eigenvalue weighted by Gasteiger charge is 2.34. The number of guanidine groups is 1. The molecule has 1 aromatic rings. The number of hydrogen-bond acceptors (Lipinski definition) is 3. The van der Waals surface area contributed by atoms with Gasteiger partial charge in [0.25, 0.3) is 0 Å². The van der Waals surface area contributed by atoms with Crippen molar-refractivity contribution in [3.05, 3.63) is 35.9 Å². The molecule has 0 aromatic heterocycles. The van der Waals surface area contributed by atoms with E-state index >= 15 is 0 Å². The summed E-state index contributed by atoms with van der Waals surface area (Å²) in [6.07, 6.45) is 6.09. The first-order chi connectivity index (χ1) is 12.1. The van der Waals surface area contributed by atoms with Crippen molar-refractivity contribution in [1.29, 1.82) is 0 Å². The Balaban J connectivity index is 0.00000243. The Morgan fingerprint density at radius 1 is 1.38 bits per heavy atom. The van der Waals surface area contributed by atoms with Gasteiger partial charge in [0.1, 0.15) is 5.75 Å². The van der Waals surface area contributed by atoms with E-state index in [0.717, 1.165) is 57.0 Å². The monoisotopic (exact) mass is 471 g/mol. The Morgan fingerprint density at radius 2 is 2.19 bits per heavy atom. The normalized spacial score (nSPS) is 19.1. The predicted molar refractivity (Wildman–Crippen MR) is 117 cm³/mol. The molecule has 0 saturated heterocycles. The van der Waals surface area contributed by atoms with Gasteiger partial charge in [-0.15, -0.1) is 24.0 Å². The van der Waals surface area contributed by atoms with Crippen LogP contribution in [0.5, 0.6) is 5.75 Å². The van der Waals surface area contributed by atoms with Gasteiger partial charge in [-0.2, -0.15) is 0 Å². The number of nitrogens with one attached hydrogen (secondary N) is 1. The van der Waals surface area contributed by atoms with Crippen molar-refractivity contribution in [2.45, 2.75) is 38.2 Å². The summed E-state index contributed by atoms with van der Waals surface area (Å²) in [6.45, 7) is 5.16. The summed E-state index contributed by atoms with van der Waals surface area (Å²) >= 11 is 0. The minimum Gasteiger partial charge on any atom is -0.497 e. The number of benzene rings is 1. The number of aliphatic imine (C=N–C) groups is 1. The Hall–Kier alpha value is -1.28. The van der Waals surface area contributed by atoms with Crippen LogP contribution in [0.25, 0.3) is 5.57 Å². The first kappa shape index (κ1) is 21.0. The number of rotatable bonds is 5. The van der Waals surface area contributed by atoms with E-state index in [2.05, 4.69) is 40.3 Å². The van der Waals surface area contributed by atoms with Gasteiger partial charge >= 0.3 is 0 Å². The maximum Gasteiger partial charge on any atom is 0.194 e. The third-order valence-electron chi connectivity index (χ3n) is 5.09. The van der Waals surface area contributed by atoms with E-state index in [1.54, 1.807) is 7.11 Å². The zero-order valence-electron chi connectivity index (χ0n) is 15.7. The standard InChI is InChI=1S/C20H29N3O2.HI/c1-3-21-19(22-15-20(24)10-5-11-20)23-12-8-16(9-13-23)17-6-4-7-18(14-17)25-2;/h4,6-8,14,24H,3,5,9-13,15H2,1-2H3,(H,21,22);1H. The second kappa shape index (κ2) is 9.60. The van der Waals surface area contributed by atoms with Crippen LogP contribution in [0.3, 0.4) is 0 Å². The van der Waals surface area contributed by atoms with Gasteiger partial charge < -0.3 is 20.1 Å². The average molecular weight is 471 g/mol. The van der Waals surface area contributed by atoms with Gasteiger partial charge in [-0.25, -0.2) is 0 Å². The summed E-state index contributed by atoms with van der Waals surface area (Å²) in [7, 11) is 1.70. The van der Waals surface area contributed by atoms with Gasteiger partial charge in [-0.1, -0.05) is 18.2 Å². The molecule has 0 unspecified atom stereocenters. The van der Waals surface area contributed by atoms with Gasteiger partial charge in [-0.05, 0) is 55.9 Å². The second-order valence-electron chi connectivity index (χ2n) is 6.91. The van der Waals surface area contributed by atoms with Crippen molar-refractivity contribution in [3.8, 4) is 5.75 Å². The largest absolute Gasteiger partial charge is 0.497 e. The summed E-state index contributed by atoms with van der Waals surface area (Å²) in [5, 5.41) is 13.6. The molecule has 1 aromatic carbocycles. The first-order valence-corrected chi connectivity index (χ1v) is 9.23. The van der Waals surface area contributed by atoms with Crippen LogP contribution in [0.1, 0.15) is 38.2 Å². The lowest BCUT2D eigenvalue weighted by atomic mass is 9.80. The molecule has 6 heteroatoms. The quantitative estimate of drug-likeness (QED) is 0.393. The molecule has 0 amide bonds. The molecule has 2 N–H and O–H groups in total. The molecule has 0 spiro atoms. The van der Waals surface area contributed by atoms with E-state index in [1.165, 1.54) is 11.1 Å². The van der Waals surface area contributed by atoms with Gasteiger partial charge in [0, 0.05) is 19.6 Å². The molecule has 0 bridgehead atoms. The van der Waals surface area contributed by atoms with Gasteiger partial charge in [0.2, 0.25) is 0 Å². The van der Waals surface area contributed by atoms with E-state index in [0.29, 0.717) is 6.54 Å². The minimum absolute atomic E-state index is 0. The zero-order valence-corrected chi connectivity index (χ0v) is 18.0. The molecular weight excluding hydrogens is 441 g/mol. The second-order valence-corrected chi connectivity index (χ2v) is 6.91. The molecule has 0 radical (unpaired) electrons. The van der Waals surface area contributed by atoms with Crippen molar-refractivity contribution in [2.75, 3.05) is 33.3 Å². The molecule has 1 aliphatic carbocycles. The fourth-order valence-electron chi connectivity index (χ4n) is 3.34. The number of hydrogen-bond donors (Lipinski definition) is 2. The van der Waals surface area contributed by atoms with Crippen molar-refractivity contribution < 1.29 is 9.84 Å². The SMILES string of the molecule is CCNC(=NCC1(O)CCC1)N1CC=C(c2cccc(OC)c2)CC1.I. The van der Waals surface area contributed by atoms with Crippen LogP contribution in [0.15, 0.2) is 35.3 Å². The minimum atomic E-state index is -0.571. The summed E-state index contributed by atoms with van der Waals surface area (Å²) in [4.78, 5) is 6.95. The van der Waals surface area contributed by atoms with Crippen LogP contribution < -0.4 is 10.1 Å². The summed E-state index contributed by atoms with van der Waals surface area (Å²) in [6, 6.07) is 8.23. The topological polar surface area (TPSA) is 57.1 Å². The maximum absolute atomic E-state index is 10.3. The van der Waals surface area contributed by atoms with Crippen LogP contribution >= 0.6 is 24.0 Å². The Labute approximate surface area is 173 Å². The van der Waals surface area contributed by atoms with Crippen LogP contribution in [-0.4, -0.2) is 54.9 Å². The highest BCUT2D eigenvalue weighted by Crippen LogP contribution is 2.32. The number of nitrogens with zero attached hydrogens (tertiary/aromatic N) is 2. The number of methoxy groups -OCH3 is 1. The average Bonchev–Trinajstić information content (AvgIpc) is 2.64. The van der Waals surface area contributed by atoms with E-state index < -0.39 is 5.60 Å². The van der Waals surface area contributed by atoms with Crippen molar-refractivity contribution in [1.82, 2.24) is 10.2 Å². The van der Waals surface area contributed by atoms with Gasteiger partial charge in [-0.3, -0.25) is 4.99 Å². The molecule has 26 heavy (non-hydrogen) atoms. The lowest BCUT2D eigenvalue weighted by Gasteiger charge is -2.36. The number of halogens is 1. The molecule has 1 saturated carbocycles. The summed E-state index contributed by atoms with van der Waals surface area (Å²) < 4.78 is 5.33. The molecule has 2 aliphatic rings. The highest BCUT2D eigenvalue weighted by atomic mass is 127. The maximum atomic E-state index is 10.3. The molecular formula is C20H30IN3O2. The van der Waals surface area contributed by atoms with Crippen molar-refractivity contribution in [3.63, 3.8) is 0 Å². The Bertz CT molecular complexity index is 656. The smallest absolute Gasteiger partial charge is 0.194 e. The predicted octanol–water partition coefficient (Wildman–Crippen LogP) is 3.28. The van der Waals surface area contributed by atoms with Crippen LogP contribution in [-0.2, 0) is 0 Å². The van der Waals surface area contributed by atoms with Gasteiger partial charge in [0.05, 0.1) is 19.3 Å².